The fourth-order valence-corrected chi connectivity index (χ4v) is 9.15. The van der Waals surface area contributed by atoms with E-state index in [1.165, 1.54) is 75.0 Å². The largest absolute Gasteiger partial charge is 0.373 e. The zero-order valence-corrected chi connectivity index (χ0v) is 23.8. The van der Waals surface area contributed by atoms with Crippen LogP contribution in [0.3, 0.4) is 0 Å². The minimum Gasteiger partial charge on any atom is -0.373 e. The lowest BCUT2D eigenvalue weighted by Crippen LogP contribution is -2.29. The molecule has 0 saturated heterocycles. The molecule has 2 aliphatic heterocycles. The van der Waals surface area contributed by atoms with E-state index in [1.807, 2.05) is 11.3 Å². The van der Waals surface area contributed by atoms with Crippen LogP contribution in [-0.4, -0.2) is 9.13 Å². The minimum absolute atomic E-state index is 0.0786. The first-order valence-electron chi connectivity index (χ1n) is 14.9. The smallest absolute Gasteiger partial charge is 0.129 e. The van der Waals surface area contributed by atoms with E-state index in [-0.39, 0.29) is 12.2 Å². The molecule has 2 unspecified atom stereocenters. The van der Waals surface area contributed by atoms with Gasteiger partial charge in [-0.05, 0) is 42.5 Å². The molecule has 0 radical (unpaired) electrons. The molecule has 9 aromatic rings. The molecule has 2 atom stereocenters. The summed E-state index contributed by atoms with van der Waals surface area (Å²) < 4.78 is 7.71. The second kappa shape index (κ2) is 7.77. The Labute approximate surface area is 250 Å². The first-order valence-corrected chi connectivity index (χ1v) is 15.7. The van der Waals surface area contributed by atoms with E-state index in [9.17, 15) is 0 Å². The lowest BCUT2D eigenvalue weighted by molar-refractivity contribution is 0.541. The molecule has 4 nitrogen and oxygen atoms in total. The van der Waals surface area contributed by atoms with Crippen LogP contribution in [0.4, 0.5) is 11.4 Å². The van der Waals surface area contributed by atoms with E-state index in [4.69, 9.17) is 0 Å². The van der Waals surface area contributed by atoms with E-state index in [2.05, 4.69) is 141 Å². The molecule has 202 valence electrons. The third-order valence-corrected chi connectivity index (χ3v) is 10.9. The molecule has 0 saturated carbocycles. The summed E-state index contributed by atoms with van der Waals surface area (Å²) in [5, 5.41) is 15.7. The van der Waals surface area contributed by atoms with Crippen molar-refractivity contribution in [2.45, 2.75) is 12.2 Å². The van der Waals surface area contributed by atoms with Gasteiger partial charge in [0.25, 0.3) is 0 Å². The van der Waals surface area contributed by atoms with Crippen molar-refractivity contribution in [3.8, 4) is 5.69 Å². The molecule has 3 aromatic heterocycles. The number of hydrogen-bond donors (Lipinski definition) is 2. The van der Waals surface area contributed by atoms with Crippen molar-refractivity contribution in [2.75, 3.05) is 10.6 Å². The molecule has 2 N–H and O–H groups in total. The summed E-state index contributed by atoms with van der Waals surface area (Å²) in [4.78, 5) is 0. The summed E-state index contributed by atoms with van der Waals surface area (Å²) >= 11 is 1.88. The Morgan fingerprint density at radius 3 is 2.19 bits per heavy atom. The SMILES string of the molecule is c1ccc2c(c1)NC1c3cccc4c5ccc6c(c7ccccc7n6-c6ccc7c(c6)sc6ccccc67)c5n(c34)C1N2. The average molecular weight is 569 g/mol. The number of benzene rings is 6. The van der Waals surface area contributed by atoms with Crippen LogP contribution in [0.5, 0.6) is 0 Å². The molecular formula is C38H24N4S. The van der Waals surface area contributed by atoms with Gasteiger partial charge in [-0.3, -0.25) is 0 Å². The lowest BCUT2D eigenvalue weighted by atomic mass is 9.99. The second-order valence-corrected chi connectivity index (χ2v) is 12.9. The van der Waals surface area contributed by atoms with Crippen molar-refractivity contribution in [3.05, 3.63) is 127 Å². The third kappa shape index (κ3) is 2.72. The highest BCUT2D eigenvalue weighted by Crippen LogP contribution is 2.52. The Balaban J connectivity index is 1.25. The maximum atomic E-state index is 3.92. The number of hydrogen-bond acceptors (Lipinski definition) is 3. The number of anilines is 2. The summed E-state index contributed by atoms with van der Waals surface area (Å²) in [7, 11) is 0. The number of aromatic nitrogens is 2. The average Bonchev–Trinajstić information content (AvgIpc) is 3.78. The van der Waals surface area contributed by atoms with Crippen molar-refractivity contribution in [2.24, 2.45) is 0 Å². The summed E-state index contributed by atoms with van der Waals surface area (Å²) in [5.74, 6) is 0. The van der Waals surface area contributed by atoms with Crippen molar-refractivity contribution < 1.29 is 0 Å². The molecule has 6 aromatic carbocycles. The zero-order chi connectivity index (χ0) is 27.8. The topological polar surface area (TPSA) is 33.9 Å². The predicted octanol–water partition coefficient (Wildman–Crippen LogP) is 10.4. The molecule has 0 spiro atoms. The summed E-state index contributed by atoms with van der Waals surface area (Å²) in [6, 6.07) is 44.8. The molecule has 5 heteroatoms. The van der Waals surface area contributed by atoms with Gasteiger partial charge in [-0.15, -0.1) is 11.3 Å². The molecule has 0 aliphatic carbocycles. The van der Waals surface area contributed by atoms with Crippen molar-refractivity contribution in [3.63, 3.8) is 0 Å². The van der Waals surface area contributed by atoms with Crippen LogP contribution >= 0.6 is 11.3 Å². The minimum atomic E-state index is 0.0786. The number of rotatable bonds is 1. The van der Waals surface area contributed by atoms with Crippen LogP contribution in [0.25, 0.3) is 69.5 Å². The monoisotopic (exact) mass is 568 g/mol. The van der Waals surface area contributed by atoms with Crippen LogP contribution in [0.15, 0.2) is 121 Å². The Morgan fingerprint density at radius 2 is 1.26 bits per heavy atom. The Kier molecular flexibility index (Phi) is 4.04. The first kappa shape index (κ1) is 22.4. The number of nitrogens with zero attached hydrogens (tertiary/aromatic N) is 2. The Bertz CT molecular complexity index is 2650. The van der Waals surface area contributed by atoms with Gasteiger partial charge in [0.15, 0.2) is 0 Å². The molecule has 43 heavy (non-hydrogen) atoms. The lowest BCUT2D eigenvalue weighted by Gasteiger charge is -2.33. The van der Waals surface area contributed by atoms with Gasteiger partial charge in [0.1, 0.15) is 6.17 Å². The van der Waals surface area contributed by atoms with E-state index in [1.54, 1.807) is 0 Å². The summed E-state index contributed by atoms with van der Waals surface area (Å²) in [6.45, 7) is 0. The van der Waals surface area contributed by atoms with Crippen molar-refractivity contribution in [1.82, 2.24) is 9.13 Å². The van der Waals surface area contributed by atoms with Gasteiger partial charge in [-0.2, -0.15) is 0 Å². The van der Waals surface area contributed by atoms with Crippen LogP contribution < -0.4 is 10.6 Å². The molecule has 0 amide bonds. The highest BCUT2D eigenvalue weighted by molar-refractivity contribution is 7.25. The maximum Gasteiger partial charge on any atom is 0.129 e. The van der Waals surface area contributed by atoms with Crippen molar-refractivity contribution in [1.29, 1.82) is 0 Å². The van der Waals surface area contributed by atoms with Crippen LogP contribution in [0.2, 0.25) is 0 Å². The number of nitrogens with one attached hydrogen (secondary N) is 2. The fourth-order valence-electron chi connectivity index (χ4n) is 8.02. The Morgan fingerprint density at radius 1 is 0.535 bits per heavy atom. The van der Waals surface area contributed by atoms with Gasteiger partial charge in [-0.25, -0.2) is 0 Å². The van der Waals surface area contributed by atoms with Gasteiger partial charge in [0.2, 0.25) is 0 Å². The van der Waals surface area contributed by atoms with Gasteiger partial charge in [-0.1, -0.05) is 78.9 Å². The van der Waals surface area contributed by atoms with E-state index in [0.717, 1.165) is 11.4 Å². The highest BCUT2D eigenvalue weighted by Gasteiger charge is 2.40. The Hall–Kier alpha value is -5.26. The molecular weight excluding hydrogens is 545 g/mol. The maximum absolute atomic E-state index is 3.92. The van der Waals surface area contributed by atoms with Gasteiger partial charge in [0.05, 0.1) is 39.5 Å². The quantitative estimate of drug-likeness (QED) is 0.207. The molecule has 11 rings (SSSR count). The van der Waals surface area contributed by atoms with Gasteiger partial charge < -0.3 is 19.8 Å². The van der Waals surface area contributed by atoms with E-state index >= 15 is 0 Å². The number of thiophene rings is 1. The molecule has 5 heterocycles. The molecule has 0 bridgehead atoms. The predicted molar refractivity (Wildman–Crippen MR) is 182 cm³/mol. The second-order valence-electron chi connectivity index (χ2n) is 11.9. The molecule has 2 aliphatic rings. The van der Waals surface area contributed by atoms with Gasteiger partial charge in [0, 0.05) is 53.0 Å². The summed E-state index contributed by atoms with van der Waals surface area (Å²) in [5.41, 5.74) is 9.97. The standard InChI is InChI=1S/C38H24N4S/c1-5-14-30-26(9-1)34-31(41(30)21-16-17-23-22-8-2-6-15-32(22)43-33(23)20-21)19-18-25-24-10-7-11-27-35-38(42(36(24)27)37(25)34)40-29-13-4-3-12-28(29)39-35/h1-20,35,38-40H. The number of fused-ring (bicyclic) bond motifs is 14. The number of para-hydroxylation sites is 4. The third-order valence-electron chi connectivity index (χ3n) is 9.74. The van der Waals surface area contributed by atoms with Crippen molar-refractivity contribution >= 4 is 86.5 Å². The van der Waals surface area contributed by atoms with Crippen LogP contribution in [-0.2, 0) is 0 Å². The molecule has 0 fully saturated rings. The summed E-state index contributed by atoms with van der Waals surface area (Å²) in [6.07, 6.45) is 0.0786. The van der Waals surface area contributed by atoms with E-state index < -0.39 is 0 Å². The van der Waals surface area contributed by atoms with E-state index in [0.29, 0.717) is 0 Å². The zero-order valence-electron chi connectivity index (χ0n) is 23.0. The fraction of sp³-hybridized carbons (Fsp3) is 0.0526. The highest BCUT2D eigenvalue weighted by atomic mass is 32.1. The van der Waals surface area contributed by atoms with Crippen LogP contribution in [0, 0.1) is 0 Å². The van der Waals surface area contributed by atoms with Gasteiger partial charge >= 0.3 is 0 Å². The first-order chi connectivity index (χ1) is 21.3. The van der Waals surface area contributed by atoms with Crippen LogP contribution in [0.1, 0.15) is 17.8 Å². The normalized spacial score (nSPS) is 17.2.